The average molecular weight is 554 g/mol. The van der Waals surface area contributed by atoms with Crippen LogP contribution in [-0.4, -0.2) is 39.8 Å². The van der Waals surface area contributed by atoms with Gasteiger partial charge in [0.1, 0.15) is 17.2 Å². The molecule has 0 unspecified atom stereocenters. The standard InChI is InChI=1S/C27H24FN5O5.ClH/c1-4-33-13-19(26(35)36)23(34)18-11-20(28)15(10-21(18)33)5-6-16-7-14(9-22(37-2)24(16)38-3)8-17-12-31-27(30)32-25(17)29;/h7,9-13H,4,8H2,1-3H3,(H,35,36)(H4,29,30,31,32);1H. The lowest BCUT2D eigenvalue weighted by atomic mass is 10.0. The Labute approximate surface area is 228 Å². The van der Waals surface area contributed by atoms with Gasteiger partial charge in [0.2, 0.25) is 11.4 Å². The van der Waals surface area contributed by atoms with Crippen molar-refractivity contribution in [2.24, 2.45) is 0 Å². The van der Waals surface area contributed by atoms with Crippen LogP contribution >= 0.6 is 12.4 Å². The summed E-state index contributed by atoms with van der Waals surface area (Å²) in [7, 11) is 2.95. The molecule has 2 aromatic carbocycles. The number of carboxylic acid groups (broad SMARTS) is 1. The number of pyridine rings is 1. The number of aromatic nitrogens is 3. The number of nitrogens with zero attached hydrogens (tertiary/aromatic N) is 3. The molecule has 2 aromatic heterocycles. The van der Waals surface area contributed by atoms with Crippen LogP contribution in [0.1, 0.15) is 39.5 Å². The third-order valence-electron chi connectivity index (χ3n) is 5.92. The zero-order chi connectivity index (χ0) is 27.6. The van der Waals surface area contributed by atoms with Crippen LogP contribution in [0.2, 0.25) is 0 Å². The third kappa shape index (κ3) is 5.71. The number of hydrogen-bond donors (Lipinski definition) is 3. The third-order valence-corrected chi connectivity index (χ3v) is 5.92. The number of carbonyl (C=O) groups is 1. The van der Waals surface area contributed by atoms with Crippen molar-refractivity contribution < 1.29 is 23.8 Å². The minimum Gasteiger partial charge on any atom is -0.493 e. The minimum atomic E-state index is -1.38. The fourth-order valence-corrected chi connectivity index (χ4v) is 4.06. The van der Waals surface area contributed by atoms with E-state index < -0.39 is 22.8 Å². The maximum atomic E-state index is 15.1. The number of nitrogen functional groups attached to an aromatic ring is 2. The van der Waals surface area contributed by atoms with Gasteiger partial charge >= 0.3 is 5.97 Å². The average Bonchev–Trinajstić information content (AvgIpc) is 2.89. The fraction of sp³-hybridized carbons (Fsp3) is 0.185. The Hall–Kier alpha value is -4.82. The summed E-state index contributed by atoms with van der Waals surface area (Å²) in [5.41, 5.74) is 12.6. The van der Waals surface area contributed by atoms with E-state index in [1.165, 1.54) is 32.7 Å². The molecule has 0 aliphatic heterocycles. The van der Waals surface area contributed by atoms with Gasteiger partial charge in [-0.15, -0.1) is 12.4 Å². The molecule has 0 aliphatic rings. The number of carboxylic acids is 1. The summed E-state index contributed by atoms with van der Waals surface area (Å²) in [6, 6.07) is 5.95. The lowest BCUT2D eigenvalue weighted by Gasteiger charge is -2.13. The van der Waals surface area contributed by atoms with E-state index in [0.717, 1.165) is 11.6 Å². The van der Waals surface area contributed by atoms with E-state index in [-0.39, 0.29) is 35.1 Å². The molecule has 10 nitrogen and oxygen atoms in total. The molecule has 2 heterocycles. The van der Waals surface area contributed by atoms with Gasteiger partial charge < -0.3 is 30.6 Å². The first-order chi connectivity index (χ1) is 18.2. The number of aromatic carboxylic acids is 1. The quantitative estimate of drug-likeness (QED) is 0.305. The number of fused-ring (bicyclic) bond motifs is 1. The predicted molar refractivity (Wildman–Crippen MR) is 147 cm³/mol. The van der Waals surface area contributed by atoms with Crippen molar-refractivity contribution in [2.75, 3.05) is 25.7 Å². The second-order valence-corrected chi connectivity index (χ2v) is 8.26. The Kier molecular flexibility index (Phi) is 8.63. The number of anilines is 2. The number of rotatable bonds is 6. The van der Waals surface area contributed by atoms with Crippen LogP contribution in [0.4, 0.5) is 16.2 Å². The highest BCUT2D eigenvalue weighted by Gasteiger charge is 2.17. The van der Waals surface area contributed by atoms with Crippen LogP contribution in [0.25, 0.3) is 10.9 Å². The lowest BCUT2D eigenvalue weighted by Crippen LogP contribution is -2.19. The number of ether oxygens (including phenoxy) is 2. The molecule has 12 heteroatoms. The zero-order valence-electron chi connectivity index (χ0n) is 21.2. The maximum Gasteiger partial charge on any atom is 0.341 e. The summed E-state index contributed by atoms with van der Waals surface area (Å²) in [6.45, 7) is 2.15. The Morgan fingerprint density at radius 3 is 2.46 bits per heavy atom. The molecule has 0 aliphatic carbocycles. The predicted octanol–water partition coefficient (Wildman–Crippen LogP) is 3.24. The normalized spacial score (nSPS) is 10.4. The topological polar surface area (TPSA) is 156 Å². The monoisotopic (exact) mass is 553 g/mol. The molecule has 0 amide bonds. The lowest BCUT2D eigenvalue weighted by molar-refractivity contribution is 0.0695. The first-order valence-electron chi connectivity index (χ1n) is 11.4. The van der Waals surface area contributed by atoms with E-state index in [4.69, 9.17) is 20.9 Å². The largest absolute Gasteiger partial charge is 0.493 e. The molecule has 0 bridgehead atoms. The molecule has 0 saturated carbocycles. The van der Waals surface area contributed by atoms with Crippen LogP contribution in [0, 0.1) is 17.7 Å². The van der Waals surface area contributed by atoms with Crippen LogP contribution in [0.5, 0.6) is 11.5 Å². The van der Waals surface area contributed by atoms with E-state index in [1.54, 1.807) is 23.6 Å². The van der Waals surface area contributed by atoms with Crippen LogP contribution in [-0.2, 0) is 13.0 Å². The number of halogens is 2. The van der Waals surface area contributed by atoms with Gasteiger partial charge in [-0.1, -0.05) is 11.8 Å². The van der Waals surface area contributed by atoms with Gasteiger partial charge in [-0.2, -0.15) is 4.98 Å². The molecule has 0 spiro atoms. The number of benzene rings is 2. The number of aryl methyl sites for hydroxylation is 1. The summed E-state index contributed by atoms with van der Waals surface area (Å²) < 4.78 is 27.6. The Balaban J connectivity index is 0.00000420. The summed E-state index contributed by atoms with van der Waals surface area (Å²) >= 11 is 0. The molecule has 202 valence electrons. The molecule has 0 radical (unpaired) electrons. The Morgan fingerprint density at radius 1 is 1.13 bits per heavy atom. The van der Waals surface area contributed by atoms with Gasteiger partial charge in [-0.05, 0) is 36.8 Å². The SMILES string of the molecule is CCn1cc(C(=O)O)c(=O)c2cc(F)c(C#Cc3cc(Cc4cnc(N)nc4N)cc(OC)c3OC)cc21.Cl. The first kappa shape index (κ1) is 28.7. The molecule has 4 aromatic rings. The summed E-state index contributed by atoms with van der Waals surface area (Å²) in [5.74, 6) is 4.66. The summed E-state index contributed by atoms with van der Waals surface area (Å²) in [4.78, 5) is 32.0. The smallest absolute Gasteiger partial charge is 0.341 e. The second-order valence-electron chi connectivity index (χ2n) is 8.26. The number of hydrogen-bond acceptors (Lipinski definition) is 8. The molecule has 0 saturated heterocycles. The summed E-state index contributed by atoms with van der Waals surface area (Å²) in [6.07, 6.45) is 3.12. The Bertz CT molecular complexity index is 1710. The number of nitrogens with two attached hydrogens (primary N) is 2. The highest BCUT2D eigenvalue weighted by Crippen LogP contribution is 2.33. The fourth-order valence-electron chi connectivity index (χ4n) is 4.06. The highest BCUT2D eigenvalue weighted by atomic mass is 35.5. The number of methoxy groups -OCH3 is 2. The van der Waals surface area contributed by atoms with Crippen LogP contribution in [0.3, 0.4) is 0 Å². The van der Waals surface area contributed by atoms with Gasteiger partial charge in [-0.25, -0.2) is 14.2 Å². The minimum absolute atomic E-state index is 0. The van der Waals surface area contributed by atoms with Gasteiger partial charge in [0.05, 0.1) is 30.9 Å². The molecule has 0 fully saturated rings. The van der Waals surface area contributed by atoms with Crippen molar-refractivity contribution in [1.82, 2.24) is 14.5 Å². The molecular formula is C27H25ClFN5O5. The van der Waals surface area contributed by atoms with Crippen molar-refractivity contribution in [3.05, 3.63) is 80.5 Å². The van der Waals surface area contributed by atoms with Crippen molar-refractivity contribution in [3.63, 3.8) is 0 Å². The van der Waals surface area contributed by atoms with Crippen LogP contribution < -0.4 is 26.4 Å². The van der Waals surface area contributed by atoms with Gasteiger partial charge in [0.25, 0.3) is 0 Å². The van der Waals surface area contributed by atoms with Crippen LogP contribution in [0.15, 0.2) is 41.5 Å². The van der Waals surface area contributed by atoms with Gasteiger partial charge in [-0.3, -0.25) is 4.79 Å². The van der Waals surface area contributed by atoms with E-state index in [1.807, 2.05) is 0 Å². The summed E-state index contributed by atoms with van der Waals surface area (Å²) in [5, 5.41) is 9.30. The molecule has 39 heavy (non-hydrogen) atoms. The van der Waals surface area contributed by atoms with Crippen molar-refractivity contribution in [1.29, 1.82) is 0 Å². The second kappa shape index (κ2) is 11.7. The van der Waals surface area contributed by atoms with E-state index in [2.05, 4.69) is 21.8 Å². The molecule has 5 N–H and O–H groups in total. The van der Waals surface area contributed by atoms with E-state index in [9.17, 15) is 14.7 Å². The van der Waals surface area contributed by atoms with Crippen molar-refractivity contribution in [2.45, 2.75) is 19.9 Å². The maximum absolute atomic E-state index is 15.1. The Morgan fingerprint density at radius 2 is 1.85 bits per heavy atom. The highest BCUT2D eigenvalue weighted by molar-refractivity contribution is 5.93. The molecule has 4 rings (SSSR count). The molecule has 0 atom stereocenters. The van der Waals surface area contributed by atoms with Gasteiger partial charge in [0, 0.05) is 36.3 Å². The van der Waals surface area contributed by atoms with Crippen molar-refractivity contribution in [3.8, 4) is 23.3 Å². The molecular weight excluding hydrogens is 529 g/mol. The van der Waals surface area contributed by atoms with Crippen molar-refractivity contribution >= 4 is 41.0 Å². The van der Waals surface area contributed by atoms with Gasteiger partial charge in [0.15, 0.2) is 11.5 Å². The van der Waals surface area contributed by atoms with E-state index in [0.29, 0.717) is 41.1 Å². The zero-order valence-corrected chi connectivity index (χ0v) is 22.1. The first-order valence-corrected chi connectivity index (χ1v) is 11.4. The van der Waals surface area contributed by atoms with E-state index >= 15 is 4.39 Å².